The van der Waals surface area contributed by atoms with Gasteiger partial charge in [0.25, 0.3) is 0 Å². The molecular formula is C24H29I2SiZr. The minimum Gasteiger partial charge on any atom is -1.00 e. The van der Waals surface area contributed by atoms with Gasteiger partial charge in [0.15, 0.2) is 0 Å². The van der Waals surface area contributed by atoms with Crippen LogP contribution in [0.5, 0.6) is 0 Å². The summed E-state index contributed by atoms with van der Waals surface area (Å²) in [6, 6.07) is 26.0. The van der Waals surface area contributed by atoms with Crippen LogP contribution in [0.25, 0.3) is 21.5 Å². The van der Waals surface area contributed by atoms with Crippen LogP contribution in [0, 0.1) is 0 Å². The van der Waals surface area contributed by atoms with E-state index >= 15 is 0 Å². The number of halogens is 2. The molecule has 28 heavy (non-hydrogen) atoms. The standard InChI is InChI=1S/2C11H11.C2H7Si.2HI.Zr/c2*1-2-9-7-10-5-3-4-6-11(10)8-9;1-3-2;;;/h2*3-8H,2H2,1H3;3H,1-2H3;2*1H;/q2*-1;;;;+4/p-2. The molecule has 0 nitrogen and oxygen atoms in total. The molecule has 0 spiro atoms. The fraction of sp³-hybridized carbons (Fsp3) is 0.250. The molecule has 0 aliphatic carbocycles. The summed E-state index contributed by atoms with van der Waals surface area (Å²) in [7, 11) is 0.750. The first kappa shape index (κ1) is 30.4. The Morgan fingerprint density at radius 2 is 1.00 bits per heavy atom. The topological polar surface area (TPSA) is 0 Å². The third kappa shape index (κ3) is 9.36. The molecule has 4 rings (SSSR count). The van der Waals surface area contributed by atoms with E-state index in [1.54, 1.807) is 0 Å². The number of aryl methyl sites for hydroxylation is 2. The summed E-state index contributed by atoms with van der Waals surface area (Å²) >= 11 is 0. The van der Waals surface area contributed by atoms with Crippen molar-refractivity contribution in [2.45, 2.75) is 39.8 Å². The van der Waals surface area contributed by atoms with Gasteiger partial charge in [0.1, 0.15) is 0 Å². The number of hydrogen-bond acceptors (Lipinski definition) is 0. The minimum atomic E-state index is 0. The summed E-state index contributed by atoms with van der Waals surface area (Å²) in [6.07, 6.45) is 2.27. The molecule has 0 saturated heterocycles. The number of benzene rings is 2. The van der Waals surface area contributed by atoms with E-state index in [0.717, 1.165) is 22.4 Å². The maximum Gasteiger partial charge on any atom is 4.00 e. The molecule has 4 heteroatoms. The van der Waals surface area contributed by atoms with Crippen molar-refractivity contribution >= 4 is 31.1 Å². The van der Waals surface area contributed by atoms with Crippen molar-refractivity contribution in [3.05, 3.63) is 83.9 Å². The number of fused-ring (bicyclic) bond motifs is 2. The van der Waals surface area contributed by atoms with Crippen LogP contribution in [0.1, 0.15) is 25.0 Å². The molecular weight excluding hydrogens is 661 g/mol. The third-order valence-electron chi connectivity index (χ3n) is 4.17. The van der Waals surface area contributed by atoms with Crippen molar-refractivity contribution in [3.8, 4) is 0 Å². The molecule has 0 amide bonds. The van der Waals surface area contributed by atoms with Crippen molar-refractivity contribution in [1.82, 2.24) is 0 Å². The molecule has 0 aliphatic heterocycles. The summed E-state index contributed by atoms with van der Waals surface area (Å²) in [5.41, 5.74) is 2.87. The molecule has 0 aromatic heterocycles. The Bertz CT molecular complexity index is 756. The van der Waals surface area contributed by atoms with Crippen LogP contribution in [-0.2, 0) is 39.0 Å². The zero-order valence-electron chi connectivity index (χ0n) is 17.2. The van der Waals surface area contributed by atoms with E-state index in [9.17, 15) is 0 Å². The van der Waals surface area contributed by atoms with Gasteiger partial charge in [0, 0.05) is 9.52 Å². The van der Waals surface area contributed by atoms with Crippen LogP contribution in [0.2, 0.25) is 13.1 Å². The van der Waals surface area contributed by atoms with E-state index in [4.69, 9.17) is 0 Å². The van der Waals surface area contributed by atoms with Crippen LogP contribution in [0.4, 0.5) is 0 Å². The molecule has 1 radical (unpaired) electrons. The maximum atomic E-state index is 2.26. The van der Waals surface area contributed by atoms with Crippen LogP contribution in [0.15, 0.2) is 72.8 Å². The molecule has 0 aliphatic rings. The Balaban J connectivity index is 0. The SMILES string of the molecule is CCc1cc2ccccc2[cH-]1.CCc1cc2ccccc2[cH-]1.C[SiH]C.[I-].[I-].[Zr+4]. The molecule has 0 unspecified atom stereocenters. The van der Waals surface area contributed by atoms with Crippen LogP contribution < -0.4 is 48.0 Å². The van der Waals surface area contributed by atoms with Gasteiger partial charge in [0.2, 0.25) is 0 Å². The van der Waals surface area contributed by atoms with E-state index in [-0.39, 0.29) is 74.2 Å². The van der Waals surface area contributed by atoms with E-state index in [0.29, 0.717) is 0 Å². The molecule has 0 heterocycles. The van der Waals surface area contributed by atoms with Gasteiger partial charge < -0.3 is 48.0 Å². The average molecular weight is 691 g/mol. The van der Waals surface area contributed by atoms with E-state index in [1.807, 2.05) is 0 Å². The fourth-order valence-corrected chi connectivity index (χ4v) is 2.84. The molecule has 0 atom stereocenters. The van der Waals surface area contributed by atoms with Crippen LogP contribution >= 0.6 is 0 Å². The number of rotatable bonds is 2. The van der Waals surface area contributed by atoms with E-state index < -0.39 is 0 Å². The van der Waals surface area contributed by atoms with Crippen molar-refractivity contribution in [2.75, 3.05) is 0 Å². The monoisotopic (exact) mass is 689 g/mol. The fourth-order valence-electron chi connectivity index (χ4n) is 2.84. The molecule has 147 valence electrons. The first-order chi connectivity index (χ1) is 12.2. The zero-order valence-corrected chi connectivity index (χ0v) is 25.1. The minimum absolute atomic E-state index is 0. The van der Waals surface area contributed by atoms with Gasteiger partial charge in [-0.2, -0.15) is 12.1 Å². The quantitative estimate of drug-likeness (QED) is 0.166. The molecule has 0 fully saturated rings. The van der Waals surface area contributed by atoms with Crippen molar-refractivity contribution < 1.29 is 74.2 Å². The summed E-state index contributed by atoms with van der Waals surface area (Å²) < 4.78 is 0. The van der Waals surface area contributed by atoms with Gasteiger partial charge in [-0.25, -0.2) is 0 Å². The van der Waals surface area contributed by atoms with Crippen molar-refractivity contribution in [1.29, 1.82) is 0 Å². The van der Waals surface area contributed by atoms with E-state index in [1.165, 1.54) is 32.7 Å². The molecule has 0 bridgehead atoms. The predicted octanol–water partition coefficient (Wildman–Crippen LogP) is 0.767. The largest absolute Gasteiger partial charge is 4.00 e. The smallest absolute Gasteiger partial charge is 1.00 e. The van der Waals surface area contributed by atoms with Crippen LogP contribution in [-0.4, -0.2) is 9.52 Å². The van der Waals surface area contributed by atoms with Gasteiger partial charge in [-0.15, -0.1) is 81.2 Å². The second-order valence-electron chi connectivity index (χ2n) is 6.27. The average Bonchev–Trinajstić information content (AvgIpc) is 3.26. The Kier molecular flexibility index (Phi) is 18.4. The van der Waals surface area contributed by atoms with Gasteiger partial charge in [0.05, 0.1) is 0 Å². The first-order valence-corrected chi connectivity index (χ1v) is 11.5. The zero-order chi connectivity index (χ0) is 18.1. The van der Waals surface area contributed by atoms with Gasteiger partial charge in [-0.3, -0.25) is 0 Å². The van der Waals surface area contributed by atoms with E-state index in [2.05, 4.69) is 99.7 Å². The summed E-state index contributed by atoms with van der Waals surface area (Å²) in [5.74, 6) is 0. The predicted molar refractivity (Wildman–Crippen MR) is 117 cm³/mol. The Morgan fingerprint density at radius 3 is 1.29 bits per heavy atom. The van der Waals surface area contributed by atoms with Crippen molar-refractivity contribution in [3.63, 3.8) is 0 Å². The normalized spacial score (nSPS) is 9.00. The van der Waals surface area contributed by atoms with Crippen LogP contribution in [0.3, 0.4) is 0 Å². The van der Waals surface area contributed by atoms with Gasteiger partial charge in [-0.1, -0.05) is 39.1 Å². The molecule has 4 aromatic carbocycles. The van der Waals surface area contributed by atoms with Crippen molar-refractivity contribution in [2.24, 2.45) is 0 Å². The Labute approximate surface area is 226 Å². The first-order valence-electron chi connectivity index (χ1n) is 9.24. The third-order valence-corrected chi connectivity index (χ3v) is 4.17. The second-order valence-corrected chi connectivity index (χ2v) is 7.42. The molecule has 0 saturated carbocycles. The molecule has 0 N–H and O–H groups in total. The molecule has 4 aromatic rings. The second kappa shape index (κ2) is 17.0. The summed E-state index contributed by atoms with van der Waals surface area (Å²) in [6.45, 7) is 8.79. The summed E-state index contributed by atoms with van der Waals surface area (Å²) in [4.78, 5) is 0. The Morgan fingerprint density at radius 1 is 0.679 bits per heavy atom. The van der Waals surface area contributed by atoms with Gasteiger partial charge >= 0.3 is 26.2 Å². The maximum absolute atomic E-state index is 2.26. The number of hydrogen-bond donors (Lipinski definition) is 0. The summed E-state index contributed by atoms with van der Waals surface area (Å²) in [5, 5.41) is 5.46. The van der Waals surface area contributed by atoms with Gasteiger partial charge in [-0.05, 0) is 12.8 Å². The Hall–Kier alpha value is 0.220.